The Balaban J connectivity index is 1.62. The molecule has 0 heterocycles. The molecule has 0 unspecified atom stereocenters. The van der Waals surface area contributed by atoms with Gasteiger partial charge in [-0.15, -0.1) is 0 Å². The largest absolute Gasteiger partial charge is 0.449 e. The van der Waals surface area contributed by atoms with Crippen LogP contribution >= 0.6 is 0 Å². The van der Waals surface area contributed by atoms with Gasteiger partial charge in [0.05, 0.1) is 5.56 Å². The first kappa shape index (κ1) is 19.4. The van der Waals surface area contributed by atoms with E-state index in [1.165, 1.54) is 0 Å². The number of carbonyl (C=O) groups is 2. The topological polar surface area (TPSA) is 55.4 Å². The first-order valence-corrected chi connectivity index (χ1v) is 9.18. The van der Waals surface area contributed by atoms with Gasteiger partial charge in [-0.1, -0.05) is 60.2 Å². The molecule has 0 radical (unpaired) electrons. The Bertz CT molecular complexity index is 978. The first-order chi connectivity index (χ1) is 13.4. The quantitative estimate of drug-likeness (QED) is 0.629. The number of nitrogens with one attached hydrogen (secondary N) is 1. The third-order valence-corrected chi connectivity index (χ3v) is 4.52. The maximum atomic E-state index is 12.4. The molecule has 1 atom stereocenters. The van der Waals surface area contributed by atoms with Crippen molar-refractivity contribution in [1.82, 2.24) is 0 Å². The average Bonchev–Trinajstić information content (AvgIpc) is 2.70. The molecule has 0 spiro atoms. The standard InChI is InChI=1S/C24H23NO3/c1-16-9-14-22(17(2)15-16)25-23(26)18(3)28-24(27)21-12-10-20(11-13-21)19-7-5-4-6-8-19/h4-15,18H,1-3H3,(H,25,26)/t18-/m1/s1. The molecule has 0 aliphatic heterocycles. The van der Waals surface area contributed by atoms with Crippen molar-refractivity contribution < 1.29 is 14.3 Å². The van der Waals surface area contributed by atoms with E-state index in [0.717, 1.165) is 22.3 Å². The number of hydrogen-bond acceptors (Lipinski definition) is 3. The zero-order chi connectivity index (χ0) is 20.1. The molecule has 28 heavy (non-hydrogen) atoms. The van der Waals surface area contributed by atoms with E-state index in [2.05, 4.69) is 5.32 Å². The van der Waals surface area contributed by atoms with Crippen LogP contribution in [0.15, 0.2) is 72.8 Å². The molecule has 1 amide bonds. The van der Waals surface area contributed by atoms with Gasteiger partial charge in [0.2, 0.25) is 0 Å². The molecule has 0 saturated carbocycles. The second kappa shape index (κ2) is 8.53. The molecule has 0 saturated heterocycles. The summed E-state index contributed by atoms with van der Waals surface area (Å²) in [5, 5.41) is 2.81. The van der Waals surface area contributed by atoms with Gasteiger partial charge in [-0.2, -0.15) is 0 Å². The van der Waals surface area contributed by atoms with Crippen molar-refractivity contribution in [3.63, 3.8) is 0 Å². The highest BCUT2D eigenvalue weighted by Crippen LogP contribution is 2.20. The van der Waals surface area contributed by atoms with E-state index in [9.17, 15) is 9.59 Å². The van der Waals surface area contributed by atoms with Crippen LogP contribution in [0, 0.1) is 13.8 Å². The summed E-state index contributed by atoms with van der Waals surface area (Å²) in [6.45, 7) is 5.48. The molecule has 142 valence electrons. The van der Waals surface area contributed by atoms with Crippen LogP contribution in [0.2, 0.25) is 0 Å². The maximum Gasteiger partial charge on any atom is 0.338 e. The normalized spacial score (nSPS) is 11.5. The van der Waals surface area contributed by atoms with E-state index >= 15 is 0 Å². The molecule has 4 heteroatoms. The van der Waals surface area contributed by atoms with Crippen molar-refractivity contribution in [2.45, 2.75) is 26.9 Å². The van der Waals surface area contributed by atoms with Gasteiger partial charge >= 0.3 is 5.97 Å². The molecule has 0 aromatic heterocycles. The predicted octanol–water partition coefficient (Wildman–Crippen LogP) is 5.15. The number of carbonyl (C=O) groups excluding carboxylic acids is 2. The number of amides is 1. The summed E-state index contributed by atoms with van der Waals surface area (Å²) in [5.41, 5.74) is 5.29. The number of aryl methyl sites for hydroxylation is 2. The lowest BCUT2D eigenvalue weighted by Crippen LogP contribution is -2.30. The summed E-state index contributed by atoms with van der Waals surface area (Å²) in [6, 6.07) is 22.8. The minimum Gasteiger partial charge on any atom is -0.449 e. The fourth-order valence-electron chi connectivity index (χ4n) is 2.90. The highest BCUT2D eigenvalue weighted by molar-refractivity contribution is 5.97. The molecule has 0 aliphatic rings. The molecule has 0 fully saturated rings. The van der Waals surface area contributed by atoms with Crippen molar-refractivity contribution in [1.29, 1.82) is 0 Å². The summed E-state index contributed by atoms with van der Waals surface area (Å²) in [7, 11) is 0. The zero-order valence-electron chi connectivity index (χ0n) is 16.2. The van der Waals surface area contributed by atoms with Crippen molar-refractivity contribution in [2.24, 2.45) is 0 Å². The Labute approximate surface area is 165 Å². The van der Waals surface area contributed by atoms with E-state index in [1.807, 2.05) is 74.5 Å². The van der Waals surface area contributed by atoms with Gasteiger partial charge in [0, 0.05) is 5.69 Å². The Kier molecular flexibility index (Phi) is 5.90. The number of esters is 1. The third kappa shape index (κ3) is 4.65. The predicted molar refractivity (Wildman–Crippen MR) is 111 cm³/mol. The fraction of sp³-hybridized carbons (Fsp3) is 0.167. The molecule has 3 aromatic rings. The van der Waals surface area contributed by atoms with Crippen LogP contribution in [0.3, 0.4) is 0 Å². The van der Waals surface area contributed by atoms with Gasteiger partial charge in [0.1, 0.15) is 0 Å². The summed E-state index contributed by atoms with van der Waals surface area (Å²) in [4.78, 5) is 24.7. The van der Waals surface area contributed by atoms with Crippen molar-refractivity contribution >= 4 is 17.6 Å². The van der Waals surface area contributed by atoms with Gasteiger partial charge in [0.15, 0.2) is 6.10 Å². The molecule has 4 nitrogen and oxygen atoms in total. The van der Waals surface area contributed by atoms with E-state index in [4.69, 9.17) is 4.74 Å². The summed E-state index contributed by atoms with van der Waals surface area (Å²) in [6.07, 6.45) is -0.901. The Morgan fingerprint density at radius 1 is 0.857 bits per heavy atom. The lowest BCUT2D eigenvalue weighted by molar-refractivity contribution is -0.123. The van der Waals surface area contributed by atoms with Gasteiger partial charge in [0.25, 0.3) is 5.91 Å². The van der Waals surface area contributed by atoms with Crippen LogP contribution in [0.1, 0.15) is 28.4 Å². The lowest BCUT2D eigenvalue weighted by atomic mass is 10.0. The van der Waals surface area contributed by atoms with Crippen molar-refractivity contribution in [3.05, 3.63) is 89.5 Å². The van der Waals surface area contributed by atoms with Gasteiger partial charge < -0.3 is 10.1 Å². The molecule has 3 rings (SSSR count). The summed E-state index contributed by atoms with van der Waals surface area (Å²) < 4.78 is 5.33. The molecule has 0 aliphatic carbocycles. The van der Waals surface area contributed by atoms with E-state index in [1.54, 1.807) is 19.1 Å². The molecule has 0 bridgehead atoms. The van der Waals surface area contributed by atoms with Crippen molar-refractivity contribution in [3.8, 4) is 11.1 Å². The van der Waals surface area contributed by atoms with Crippen LogP contribution in [-0.4, -0.2) is 18.0 Å². The minimum absolute atomic E-state index is 0.360. The zero-order valence-corrected chi connectivity index (χ0v) is 16.2. The Morgan fingerprint density at radius 2 is 1.50 bits per heavy atom. The summed E-state index contributed by atoms with van der Waals surface area (Å²) >= 11 is 0. The second-order valence-electron chi connectivity index (χ2n) is 6.80. The number of anilines is 1. The molecule has 3 aromatic carbocycles. The second-order valence-corrected chi connectivity index (χ2v) is 6.80. The van der Waals surface area contributed by atoms with Crippen LogP contribution in [0.4, 0.5) is 5.69 Å². The van der Waals surface area contributed by atoms with E-state index in [-0.39, 0.29) is 5.91 Å². The molecular formula is C24H23NO3. The maximum absolute atomic E-state index is 12.4. The highest BCUT2D eigenvalue weighted by Gasteiger charge is 2.19. The SMILES string of the molecule is Cc1ccc(NC(=O)[C@@H](C)OC(=O)c2ccc(-c3ccccc3)cc2)c(C)c1. The van der Waals surface area contributed by atoms with Crippen LogP contribution in [0.25, 0.3) is 11.1 Å². The monoisotopic (exact) mass is 373 g/mol. The fourth-order valence-corrected chi connectivity index (χ4v) is 2.90. The number of ether oxygens (including phenoxy) is 1. The van der Waals surface area contributed by atoms with E-state index in [0.29, 0.717) is 11.3 Å². The van der Waals surface area contributed by atoms with Gasteiger partial charge in [-0.3, -0.25) is 4.79 Å². The highest BCUT2D eigenvalue weighted by atomic mass is 16.5. The third-order valence-electron chi connectivity index (χ3n) is 4.52. The smallest absolute Gasteiger partial charge is 0.338 e. The van der Waals surface area contributed by atoms with Crippen molar-refractivity contribution in [2.75, 3.05) is 5.32 Å². The first-order valence-electron chi connectivity index (χ1n) is 9.18. The van der Waals surface area contributed by atoms with Gasteiger partial charge in [-0.05, 0) is 55.7 Å². The lowest BCUT2D eigenvalue weighted by Gasteiger charge is -2.15. The van der Waals surface area contributed by atoms with Crippen LogP contribution < -0.4 is 5.32 Å². The number of rotatable bonds is 5. The average molecular weight is 373 g/mol. The van der Waals surface area contributed by atoms with Gasteiger partial charge in [-0.25, -0.2) is 4.79 Å². The molecule has 1 N–H and O–H groups in total. The van der Waals surface area contributed by atoms with E-state index < -0.39 is 12.1 Å². The number of hydrogen-bond donors (Lipinski definition) is 1. The van der Waals surface area contributed by atoms with Crippen LogP contribution in [0.5, 0.6) is 0 Å². The summed E-state index contributed by atoms with van der Waals surface area (Å²) in [5.74, 6) is -0.885. The Hall–Kier alpha value is -3.40. The Morgan fingerprint density at radius 3 is 2.14 bits per heavy atom. The van der Waals surface area contributed by atoms with Crippen LogP contribution in [-0.2, 0) is 9.53 Å². The minimum atomic E-state index is -0.901. The number of benzene rings is 3. The molecular weight excluding hydrogens is 350 g/mol.